The van der Waals surface area contributed by atoms with Gasteiger partial charge in [0.1, 0.15) is 10.7 Å². The zero-order valence-electron chi connectivity index (χ0n) is 11.1. The van der Waals surface area contributed by atoms with Crippen molar-refractivity contribution in [3.8, 4) is 28.6 Å². The van der Waals surface area contributed by atoms with E-state index in [1.165, 1.54) is 12.1 Å². The molecule has 0 spiro atoms. The number of rotatable bonds is 2. The molecule has 0 saturated heterocycles. The lowest BCUT2D eigenvalue weighted by Gasteiger charge is -2.11. The predicted molar refractivity (Wildman–Crippen MR) is 73.8 cm³/mol. The van der Waals surface area contributed by atoms with Gasteiger partial charge in [-0.2, -0.15) is 0 Å². The average molecular weight is 345 g/mol. The summed E-state index contributed by atoms with van der Waals surface area (Å²) in [7, 11) is 0. The molecule has 0 unspecified atom stereocenters. The predicted octanol–water partition coefficient (Wildman–Crippen LogP) is 3.05. The summed E-state index contributed by atoms with van der Waals surface area (Å²) in [6, 6.07) is 2.54. The van der Waals surface area contributed by atoms with Gasteiger partial charge in [0.25, 0.3) is 0 Å². The van der Waals surface area contributed by atoms with E-state index in [1.807, 2.05) is 0 Å². The maximum absolute atomic E-state index is 14.4. The Labute approximate surface area is 132 Å². The monoisotopic (exact) mass is 344 g/mol. The Bertz CT molecular complexity index is 831. The first-order valence-corrected chi connectivity index (χ1v) is 6.41. The van der Waals surface area contributed by atoms with Gasteiger partial charge in [-0.15, -0.1) is 0 Å². The van der Waals surface area contributed by atoms with E-state index in [0.29, 0.717) is 0 Å². The van der Waals surface area contributed by atoms with Crippen LogP contribution in [0.15, 0.2) is 12.1 Å². The third-order valence-electron chi connectivity index (χ3n) is 3.00. The van der Waals surface area contributed by atoms with Gasteiger partial charge in [0.05, 0.1) is 5.69 Å². The van der Waals surface area contributed by atoms with Crippen LogP contribution in [0.2, 0.25) is 5.02 Å². The number of halogens is 3. The highest BCUT2D eigenvalue weighted by molar-refractivity contribution is 6.34. The maximum atomic E-state index is 14.4. The molecule has 2 aromatic rings. The molecule has 0 amide bonds. The van der Waals surface area contributed by atoms with Crippen LogP contribution in [0.3, 0.4) is 0 Å². The van der Waals surface area contributed by atoms with E-state index in [1.54, 1.807) is 0 Å². The summed E-state index contributed by atoms with van der Waals surface area (Å²) >= 11 is 5.68. The molecule has 1 aliphatic heterocycles. The Morgan fingerprint density at radius 3 is 2.78 bits per heavy atom. The normalized spacial score (nSPS) is 12.3. The van der Waals surface area contributed by atoms with Crippen molar-refractivity contribution in [1.82, 2.24) is 4.98 Å². The summed E-state index contributed by atoms with van der Waals surface area (Å²) in [5, 5.41) is 8.10. The fourth-order valence-electron chi connectivity index (χ4n) is 1.99. The molecule has 7 nitrogen and oxygen atoms in total. The first-order valence-electron chi connectivity index (χ1n) is 6.04. The van der Waals surface area contributed by atoms with Gasteiger partial charge in [-0.3, -0.25) is 0 Å². The Hall–Kier alpha value is -2.81. The largest absolute Gasteiger partial charge is 0.512 e. The van der Waals surface area contributed by atoms with Gasteiger partial charge in [0.15, 0.2) is 17.4 Å². The van der Waals surface area contributed by atoms with Crippen LogP contribution < -0.4 is 19.9 Å². The fourth-order valence-corrected chi connectivity index (χ4v) is 2.15. The summed E-state index contributed by atoms with van der Waals surface area (Å²) in [4.78, 5) is 14.2. The minimum atomic E-state index is -1.73. The number of nitrogens with zero attached hydrogens (tertiary/aromatic N) is 1. The summed E-state index contributed by atoms with van der Waals surface area (Å²) in [5.41, 5.74) is 3.96. The van der Waals surface area contributed by atoms with Crippen LogP contribution in [0.4, 0.5) is 19.3 Å². The first kappa shape index (κ1) is 15.1. The van der Waals surface area contributed by atoms with Crippen molar-refractivity contribution < 1.29 is 32.9 Å². The van der Waals surface area contributed by atoms with Gasteiger partial charge in [0.2, 0.25) is 18.4 Å². The Morgan fingerprint density at radius 2 is 2.09 bits per heavy atom. The molecule has 0 saturated carbocycles. The first-order chi connectivity index (χ1) is 10.9. The van der Waals surface area contributed by atoms with E-state index < -0.39 is 40.1 Å². The number of aromatic nitrogens is 1. The number of benzene rings is 1. The van der Waals surface area contributed by atoms with Crippen LogP contribution in [-0.4, -0.2) is 23.0 Å². The Balaban J connectivity index is 2.20. The van der Waals surface area contributed by atoms with Crippen molar-refractivity contribution in [3.63, 3.8) is 0 Å². The average Bonchev–Trinajstić information content (AvgIpc) is 2.98. The summed E-state index contributed by atoms with van der Waals surface area (Å²) in [5.74, 6) is -2.78. The number of ether oxygens (including phenoxy) is 3. The van der Waals surface area contributed by atoms with Gasteiger partial charge in [-0.1, -0.05) is 11.6 Å². The highest BCUT2D eigenvalue weighted by Crippen LogP contribution is 2.42. The Morgan fingerprint density at radius 1 is 1.35 bits per heavy atom. The van der Waals surface area contributed by atoms with E-state index in [0.717, 1.165) is 0 Å². The SMILES string of the molecule is Nc1c(F)c(-c2ccc3c(c2F)OCO3)nc(OC(=O)O)c1Cl. The lowest BCUT2D eigenvalue weighted by molar-refractivity contribution is 0.142. The maximum Gasteiger partial charge on any atom is 0.512 e. The van der Waals surface area contributed by atoms with E-state index in [2.05, 4.69) is 9.72 Å². The van der Waals surface area contributed by atoms with E-state index in [-0.39, 0.29) is 23.9 Å². The highest BCUT2D eigenvalue weighted by Gasteiger charge is 2.27. The summed E-state index contributed by atoms with van der Waals surface area (Å²) in [6.07, 6.45) is -1.73. The molecular weight excluding hydrogens is 338 g/mol. The smallest absolute Gasteiger partial charge is 0.453 e. The topological polar surface area (TPSA) is 104 Å². The second kappa shape index (κ2) is 5.43. The minimum absolute atomic E-state index is 0.149. The van der Waals surface area contributed by atoms with Crippen LogP contribution >= 0.6 is 11.6 Å². The van der Waals surface area contributed by atoms with Crippen LogP contribution in [0, 0.1) is 11.6 Å². The number of nitrogen functional groups attached to an aromatic ring is 1. The minimum Gasteiger partial charge on any atom is -0.453 e. The second-order valence-corrected chi connectivity index (χ2v) is 4.71. The molecular formula is C13H7ClF2N2O5. The van der Waals surface area contributed by atoms with Crippen molar-refractivity contribution in [3.05, 3.63) is 28.8 Å². The van der Waals surface area contributed by atoms with Gasteiger partial charge in [-0.25, -0.2) is 18.6 Å². The van der Waals surface area contributed by atoms with E-state index >= 15 is 0 Å². The lowest BCUT2D eigenvalue weighted by Crippen LogP contribution is -2.09. The van der Waals surface area contributed by atoms with Crippen molar-refractivity contribution in [2.24, 2.45) is 0 Å². The molecule has 0 atom stereocenters. The number of carbonyl (C=O) groups is 1. The molecule has 3 rings (SSSR count). The quantitative estimate of drug-likeness (QED) is 0.807. The van der Waals surface area contributed by atoms with Gasteiger partial charge in [-0.05, 0) is 12.1 Å². The summed E-state index contributed by atoms with van der Waals surface area (Å²) < 4.78 is 43.0. The van der Waals surface area contributed by atoms with Gasteiger partial charge in [0, 0.05) is 5.56 Å². The molecule has 1 aromatic carbocycles. The molecule has 0 radical (unpaired) electrons. The molecule has 2 heterocycles. The number of fused-ring (bicyclic) bond motifs is 1. The van der Waals surface area contributed by atoms with Crippen LogP contribution in [0.25, 0.3) is 11.3 Å². The third-order valence-corrected chi connectivity index (χ3v) is 3.37. The molecule has 0 bridgehead atoms. The second-order valence-electron chi connectivity index (χ2n) is 4.34. The van der Waals surface area contributed by atoms with E-state index in [9.17, 15) is 13.6 Å². The third kappa shape index (κ3) is 2.44. The molecule has 23 heavy (non-hydrogen) atoms. The number of hydrogen-bond donors (Lipinski definition) is 2. The molecule has 0 aliphatic carbocycles. The number of hydrogen-bond acceptors (Lipinski definition) is 6. The standard InChI is InChI=1S/C13H7ClF2N2O5/c14-6-9(17)8(16)10(18-12(6)23-13(19)20)4-1-2-5-11(7(4)15)22-3-21-5/h1-2H,3H2,(H2,17,18)(H,19,20). The van der Waals surface area contributed by atoms with Crippen LogP contribution in [-0.2, 0) is 0 Å². The molecule has 1 aromatic heterocycles. The molecule has 10 heteroatoms. The number of pyridine rings is 1. The van der Waals surface area contributed by atoms with E-state index in [4.69, 9.17) is 31.9 Å². The van der Waals surface area contributed by atoms with Crippen LogP contribution in [0.1, 0.15) is 0 Å². The van der Waals surface area contributed by atoms with Crippen molar-refractivity contribution in [1.29, 1.82) is 0 Å². The molecule has 0 fully saturated rings. The lowest BCUT2D eigenvalue weighted by atomic mass is 10.1. The molecule has 1 aliphatic rings. The Kier molecular flexibility index (Phi) is 3.57. The fraction of sp³-hybridized carbons (Fsp3) is 0.0769. The van der Waals surface area contributed by atoms with Crippen LogP contribution in [0.5, 0.6) is 17.4 Å². The van der Waals surface area contributed by atoms with Gasteiger partial charge < -0.3 is 25.1 Å². The van der Waals surface area contributed by atoms with Gasteiger partial charge >= 0.3 is 6.16 Å². The van der Waals surface area contributed by atoms with Crippen molar-refractivity contribution in [2.75, 3.05) is 12.5 Å². The molecule has 120 valence electrons. The zero-order valence-corrected chi connectivity index (χ0v) is 11.9. The number of carboxylic acid groups (broad SMARTS) is 1. The van der Waals surface area contributed by atoms with Crippen molar-refractivity contribution >= 4 is 23.4 Å². The van der Waals surface area contributed by atoms with Crippen molar-refractivity contribution in [2.45, 2.75) is 0 Å². The zero-order chi connectivity index (χ0) is 16.7. The highest BCUT2D eigenvalue weighted by atomic mass is 35.5. The molecule has 3 N–H and O–H groups in total. The number of nitrogens with two attached hydrogens (primary N) is 1. The number of anilines is 1. The summed E-state index contributed by atoms with van der Waals surface area (Å²) in [6.45, 7) is -0.179.